The van der Waals surface area contributed by atoms with E-state index < -0.39 is 90.7 Å². The summed E-state index contributed by atoms with van der Waals surface area (Å²) in [5.74, 6) is -55.0. The molecule has 0 heterocycles. The van der Waals surface area contributed by atoms with Gasteiger partial charge in [-0.1, -0.05) is 6.58 Å². The number of rotatable bonds is 12. The van der Waals surface area contributed by atoms with Crippen LogP contribution in [0, 0.1) is 0 Å². The highest BCUT2D eigenvalue weighted by Crippen LogP contribution is 2.54. The van der Waals surface area contributed by atoms with Crippen LogP contribution in [-0.2, 0) is 28.6 Å². The van der Waals surface area contributed by atoms with Gasteiger partial charge in [-0.25, -0.2) is 14.4 Å². The van der Waals surface area contributed by atoms with Crippen molar-refractivity contribution in [2.24, 2.45) is 0 Å². The van der Waals surface area contributed by atoms with E-state index in [1.165, 1.54) is 0 Å². The Balaban J connectivity index is 6.22. The van der Waals surface area contributed by atoms with Gasteiger partial charge >= 0.3 is 65.8 Å². The molecule has 0 bridgehead atoms. The third-order valence-electron chi connectivity index (χ3n) is 4.22. The zero-order valence-corrected chi connectivity index (χ0v) is 19.0. The number of esters is 3. The lowest BCUT2D eigenvalue weighted by Crippen LogP contribution is -2.64. The number of hydrogen-bond donors (Lipinski definition) is 0. The van der Waals surface area contributed by atoms with Crippen molar-refractivity contribution in [3.8, 4) is 0 Å². The van der Waals surface area contributed by atoms with Crippen LogP contribution in [0.25, 0.3) is 0 Å². The number of ether oxygens (including phenoxy) is 3. The molecule has 0 aromatic carbocycles. The molecule has 1 unspecified atom stereocenters. The van der Waals surface area contributed by atoms with E-state index in [1.54, 1.807) is 0 Å². The summed E-state index contributed by atoms with van der Waals surface area (Å²) in [6, 6.07) is 0. The zero-order valence-electron chi connectivity index (χ0n) is 19.0. The summed E-state index contributed by atoms with van der Waals surface area (Å²) in [6.07, 6.45) is -18.2. The molecule has 0 radical (unpaired) electrons. The van der Waals surface area contributed by atoms with E-state index in [1.807, 2.05) is 0 Å². The molecule has 41 heavy (non-hydrogen) atoms. The fourth-order valence-corrected chi connectivity index (χ4v) is 1.90. The van der Waals surface area contributed by atoms with Crippen LogP contribution in [0.2, 0.25) is 0 Å². The van der Waals surface area contributed by atoms with Gasteiger partial charge in [-0.05, 0) is 6.92 Å². The first-order valence-corrected chi connectivity index (χ1v) is 9.36. The normalized spacial score (nSPS) is 15.2. The van der Waals surface area contributed by atoms with Crippen LogP contribution < -0.4 is 0 Å². The summed E-state index contributed by atoms with van der Waals surface area (Å²) in [7, 11) is 0. The summed E-state index contributed by atoms with van der Waals surface area (Å²) in [5, 5.41) is 0. The summed E-state index contributed by atoms with van der Waals surface area (Å²) in [4.78, 5) is 33.9. The molecule has 0 amide bonds. The molecule has 240 valence electrons. The maximum absolute atomic E-state index is 13.7. The van der Waals surface area contributed by atoms with Crippen molar-refractivity contribution in [1.29, 1.82) is 0 Å². The lowest BCUT2D eigenvalue weighted by Gasteiger charge is -2.33. The second-order valence-corrected chi connectivity index (χ2v) is 7.45. The summed E-state index contributed by atoms with van der Waals surface area (Å²) >= 11 is 0. The number of halogens is 18. The van der Waals surface area contributed by atoms with Gasteiger partial charge in [0.15, 0.2) is 6.10 Å². The highest BCUT2D eigenvalue weighted by molar-refractivity contribution is 5.87. The lowest BCUT2D eigenvalue weighted by atomic mass is 10.0. The fraction of sp³-hybridized carbons (Fsp3) is 0.706. The molecule has 0 spiro atoms. The zero-order chi connectivity index (χ0) is 33.4. The van der Waals surface area contributed by atoms with Crippen molar-refractivity contribution >= 4 is 17.9 Å². The second kappa shape index (κ2) is 11.3. The molecule has 0 saturated heterocycles. The van der Waals surface area contributed by atoms with E-state index in [0.29, 0.717) is 0 Å². The maximum Gasteiger partial charge on any atom is 0.460 e. The van der Waals surface area contributed by atoms with Crippen molar-refractivity contribution in [2.45, 2.75) is 60.9 Å². The Morgan fingerprint density at radius 1 is 0.561 bits per heavy atom. The van der Waals surface area contributed by atoms with Crippen LogP contribution in [-0.4, -0.2) is 85.1 Å². The van der Waals surface area contributed by atoms with Crippen LogP contribution in [0.15, 0.2) is 12.2 Å². The minimum absolute atomic E-state index is 0.672. The van der Waals surface area contributed by atoms with Crippen molar-refractivity contribution in [3.05, 3.63) is 12.2 Å². The van der Waals surface area contributed by atoms with Crippen LogP contribution in [0.4, 0.5) is 79.0 Å². The SMILES string of the molecule is C=C(C)C(=O)OCC(COC(=O)C(F)(F)C(F)(F)C(F)(F)C(F)(F)F)OC(=O)C(F)(F)C(F)(F)C(F)(F)C(F)(F)F. The van der Waals surface area contributed by atoms with Crippen LogP contribution >= 0.6 is 0 Å². The van der Waals surface area contributed by atoms with Crippen LogP contribution in [0.5, 0.6) is 0 Å². The number of carbonyl (C=O) groups excluding carboxylic acids is 3. The molecule has 0 rings (SSSR count). The average molecular weight is 652 g/mol. The van der Waals surface area contributed by atoms with E-state index in [2.05, 4.69) is 20.8 Å². The largest absolute Gasteiger partial charge is 0.460 e. The molecular weight excluding hydrogens is 642 g/mol. The maximum atomic E-state index is 13.7. The summed E-state index contributed by atoms with van der Waals surface area (Å²) < 4.78 is 242. The third-order valence-corrected chi connectivity index (χ3v) is 4.22. The molecular formula is C17H10F18O6. The second-order valence-electron chi connectivity index (χ2n) is 7.45. The molecule has 0 aliphatic heterocycles. The van der Waals surface area contributed by atoms with Crippen LogP contribution in [0.1, 0.15) is 6.92 Å². The predicted octanol–water partition coefficient (Wildman–Crippen LogP) is 5.50. The molecule has 6 nitrogen and oxygen atoms in total. The number of alkyl halides is 18. The van der Waals surface area contributed by atoms with Crippen molar-refractivity contribution in [3.63, 3.8) is 0 Å². The lowest BCUT2D eigenvalue weighted by molar-refractivity contribution is -0.391. The Bertz CT molecular complexity index is 1010. The quantitative estimate of drug-likeness (QED) is 0.120. The van der Waals surface area contributed by atoms with E-state index in [-0.39, 0.29) is 0 Å². The van der Waals surface area contributed by atoms with Gasteiger partial charge in [-0.2, -0.15) is 79.0 Å². The summed E-state index contributed by atoms with van der Waals surface area (Å²) in [5.41, 5.74) is -0.672. The van der Waals surface area contributed by atoms with E-state index in [9.17, 15) is 93.4 Å². The van der Waals surface area contributed by atoms with E-state index >= 15 is 0 Å². The Labute approximate surface area is 213 Å². The number of hydrogen-bond acceptors (Lipinski definition) is 6. The Hall–Kier alpha value is -3.11. The first kappa shape index (κ1) is 37.9. The topological polar surface area (TPSA) is 78.9 Å². The third kappa shape index (κ3) is 6.86. The molecule has 0 N–H and O–H groups in total. The van der Waals surface area contributed by atoms with Crippen molar-refractivity contribution in [1.82, 2.24) is 0 Å². The van der Waals surface area contributed by atoms with Gasteiger partial charge < -0.3 is 14.2 Å². The van der Waals surface area contributed by atoms with Gasteiger partial charge in [0.2, 0.25) is 0 Å². The Morgan fingerprint density at radius 2 is 0.878 bits per heavy atom. The molecule has 0 saturated carbocycles. The monoisotopic (exact) mass is 652 g/mol. The Kier molecular flexibility index (Phi) is 10.4. The van der Waals surface area contributed by atoms with E-state index in [4.69, 9.17) is 0 Å². The summed E-state index contributed by atoms with van der Waals surface area (Å²) in [6.45, 7) is -0.896. The van der Waals surface area contributed by atoms with Gasteiger partial charge in [0, 0.05) is 5.57 Å². The molecule has 0 aromatic rings. The highest BCUT2D eigenvalue weighted by Gasteiger charge is 2.85. The molecule has 1 atom stereocenters. The van der Waals surface area contributed by atoms with Crippen molar-refractivity contribution < 1.29 is 108 Å². The first-order valence-electron chi connectivity index (χ1n) is 9.36. The number of carbonyl (C=O) groups is 3. The average Bonchev–Trinajstić information content (AvgIpc) is 2.77. The van der Waals surface area contributed by atoms with Gasteiger partial charge in [-0.3, -0.25) is 0 Å². The van der Waals surface area contributed by atoms with E-state index in [0.717, 1.165) is 6.92 Å². The molecule has 24 heteroatoms. The smallest absolute Gasteiger partial charge is 0.458 e. The van der Waals surface area contributed by atoms with Gasteiger partial charge in [-0.15, -0.1) is 0 Å². The van der Waals surface area contributed by atoms with Gasteiger partial charge in [0.25, 0.3) is 0 Å². The molecule has 0 aromatic heterocycles. The van der Waals surface area contributed by atoms with Crippen molar-refractivity contribution in [2.75, 3.05) is 13.2 Å². The predicted molar refractivity (Wildman–Crippen MR) is 88.4 cm³/mol. The van der Waals surface area contributed by atoms with Gasteiger partial charge in [0.1, 0.15) is 13.2 Å². The van der Waals surface area contributed by atoms with Crippen LogP contribution in [0.3, 0.4) is 0 Å². The van der Waals surface area contributed by atoms with Gasteiger partial charge in [0.05, 0.1) is 0 Å². The Morgan fingerprint density at radius 3 is 1.20 bits per heavy atom. The minimum Gasteiger partial charge on any atom is -0.458 e. The standard InChI is InChI=1S/C17H10F18O6/c1-5(2)7(36)39-3-6(41-9(38)11(20,21)13(24,25)15(28,29)17(33,34)35)4-40-8(37)10(18,19)12(22,23)14(26,27)16(30,31)32/h6H,1,3-4H2,2H3. The molecule has 0 aliphatic carbocycles. The molecule has 0 aliphatic rings. The first-order chi connectivity index (χ1) is 17.7. The molecule has 0 fully saturated rings. The highest BCUT2D eigenvalue weighted by atomic mass is 19.4. The fourth-order valence-electron chi connectivity index (χ4n) is 1.90. The minimum atomic E-state index is -7.69.